The van der Waals surface area contributed by atoms with Crippen LogP contribution in [0.4, 0.5) is 0 Å². The predicted molar refractivity (Wildman–Crippen MR) is 200 cm³/mol. The molecule has 1 heterocycles. The molecule has 1 fully saturated rings. The smallest absolute Gasteiger partial charge is 0.261 e. The molecule has 0 amide bonds. The standard InChI is InChI=1S/C41H54O4Si2/c1-39(2,3)46(35-21-13-9-14-22-35,36-23-15-10-16-24-36)42-31-33-29-30-34(45-41(7,8)44-33)32-43-47(40(4,5)6,37-25-17-11-18-26-37)38-27-19-12-20-28-38/h9-28,33-34H,29-32H2,1-8H3/t33-,34-/m0/s1. The first-order valence-corrected chi connectivity index (χ1v) is 21.0. The second-order valence-corrected chi connectivity index (χ2v) is 24.0. The molecule has 47 heavy (non-hydrogen) atoms. The van der Waals surface area contributed by atoms with E-state index in [0.717, 1.165) is 12.8 Å². The summed E-state index contributed by atoms with van der Waals surface area (Å²) in [6.45, 7) is 19.0. The molecule has 0 spiro atoms. The second-order valence-electron chi connectivity index (χ2n) is 15.4. The van der Waals surface area contributed by atoms with E-state index in [-0.39, 0.29) is 22.3 Å². The van der Waals surface area contributed by atoms with Crippen molar-refractivity contribution in [2.75, 3.05) is 13.2 Å². The van der Waals surface area contributed by atoms with Gasteiger partial charge in [-0.2, -0.15) is 0 Å². The highest BCUT2D eigenvalue weighted by atomic mass is 28.4. The number of hydrogen-bond acceptors (Lipinski definition) is 4. The molecule has 4 aromatic carbocycles. The highest BCUT2D eigenvalue weighted by molar-refractivity contribution is 7.00. The predicted octanol–water partition coefficient (Wildman–Crippen LogP) is 7.44. The Morgan fingerprint density at radius 1 is 0.511 bits per heavy atom. The SMILES string of the molecule is CC1(C)O[C@H](CO[Si](c2ccccc2)(c2ccccc2)C(C)(C)C)CC[C@@H](CO[Si](c2ccccc2)(c2ccccc2)C(C)(C)C)O1. The van der Waals surface area contributed by atoms with Crippen molar-refractivity contribution >= 4 is 37.4 Å². The molecule has 1 aliphatic rings. The first-order chi connectivity index (χ1) is 22.3. The summed E-state index contributed by atoms with van der Waals surface area (Å²) in [5, 5.41) is 4.91. The van der Waals surface area contributed by atoms with E-state index in [1.807, 2.05) is 13.8 Å². The van der Waals surface area contributed by atoms with Crippen LogP contribution in [0.5, 0.6) is 0 Å². The number of ether oxygens (including phenoxy) is 2. The van der Waals surface area contributed by atoms with Crippen LogP contribution in [0.15, 0.2) is 121 Å². The van der Waals surface area contributed by atoms with E-state index in [0.29, 0.717) is 13.2 Å². The van der Waals surface area contributed by atoms with Gasteiger partial charge in [0.1, 0.15) is 0 Å². The molecule has 0 saturated carbocycles. The van der Waals surface area contributed by atoms with Gasteiger partial charge in [0.2, 0.25) is 0 Å². The Hall–Kier alpha value is -2.85. The third-order valence-electron chi connectivity index (χ3n) is 9.52. The lowest BCUT2D eigenvalue weighted by atomic mass is 10.1. The minimum Gasteiger partial charge on any atom is -0.405 e. The van der Waals surface area contributed by atoms with Crippen LogP contribution >= 0.6 is 0 Å². The van der Waals surface area contributed by atoms with E-state index in [1.165, 1.54) is 20.7 Å². The summed E-state index contributed by atoms with van der Waals surface area (Å²) in [7, 11) is -5.38. The van der Waals surface area contributed by atoms with E-state index in [1.54, 1.807) is 0 Å². The summed E-state index contributed by atoms with van der Waals surface area (Å²) in [6, 6.07) is 43.3. The minimum absolute atomic E-state index is 0.0986. The first-order valence-electron chi connectivity index (χ1n) is 17.1. The monoisotopic (exact) mass is 666 g/mol. The molecule has 6 heteroatoms. The van der Waals surface area contributed by atoms with Gasteiger partial charge in [-0.05, 0) is 57.5 Å². The van der Waals surface area contributed by atoms with E-state index in [9.17, 15) is 0 Å². The lowest BCUT2D eigenvalue weighted by molar-refractivity contribution is -0.247. The summed E-state index contributed by atoms with van der Waals surface area (Å²) in [5.41, 5.74) is 0. The molecule has 0 unspecified atom stereocenters. The molecule has 0 aromatic heterocycles. The van der Waals surface area contributed by atoms with Gasteiger partial charge in [-0.15, -0.1) is 0 Å². The van der Waals surface area contributed by atoms with Gasteiger partial charge < -0.3 is 18.3 Å². The topological polar surface area (TPSA) is 36.9 Å². The van der Waals surface area contributed by atoms with Gasteiger partial charge in [0.15, 0.2) is 5.79 Å². The van der Waals surface area contributed by atoms with Crippen LogP contribution < -0.4 is 20.7 Å². The van der Waals surface area contributed by atoms with Crippen LogP contribution in [-0.4, -0.2) is 47.8 Å². The fourth-order valence-electron chi connectivity index (χ4n) is 7.51. The van der Waals surface area contributed by atoms with Crippen LogP contribution in [0.3, 0.4) is 0 Å². The summed E-state index contributed by atoms with van der Waals surface area (Å²) in [6.07, 6.45) is 1.45. The molecular weight excluding hydrogens is 613 g/mol. The molecule has 250 valence electrons. The zero-order chi connectivity index (χ0) is 33.8. The molecule has 0 radical (unpaired) electrons. The maximum atomic E-state index is 7.30. The lowest BCUT2D eigenvalue weighted by Crippen LogP contribution is -2.67. The molecule has 4 aromatic rings. The average Bonchev–Trinajstić information content (AvgIpc) is 3.19. The lowest BCUT2D eigenvalue weighted by Gasteiger charge is -2.44. The van der Waals surface area contributed by atoms with Gasteiger partial charge in [-0.1, -0.05) is 163 Å². The van der Waals surface area contributed by atoms with E-state index in [2.05, 4.69) is 163 Å². The van der Waals surface area contributed by atoms with Crippen molar-refractivity contribution in [3.8, 4) is 0 Å². The molecule has 4 nitrogen and oxygen atoms in total. The Morgan fingerprint density at radius 2 is 0.766 bits per heavy atom. The molecule has 0 N–H and O–H groups in total. The van der Waals surface area contributed by atoms with Gasteiger partial charge >= 0.3 is 0 Å². The molecular formula is C41H54O4Si2. The second kappa shape index (κ2) is 14.3. The van der Waals surface area contributed by atoms with Crippen molar-refractivity contribution in [2.45, 2.75) is 96.3 Å². The van der Waals surface area contributed by atoms with Crippen molar-refractivity contribution in [1.29, 1.82) is 0 Å². The van der Waals surface area contributed by atoms with E-state index in [4.69, 9.17) is 18.3 Å². The van der Waals surface area contributed by atoms with Crippen LogP contribution in [0.1, 0.15) is 68.2 Å². The minimum atomic E-state index is -2.69. The third kappa shape index (κ3) is 7.59. The highest BCUT2D eigenvalue weighted by Crippen LogP contribution is 2.39. The highest BCUT2D eigenvalue weighted by Gasteiger charge is 2.52. The molecule has 1 aliphatic heterocycles. The number of benzene rings is 4. The maximum absolute atomic E-state index is 7.30. The van der Waals surface area contributed by atoms with Crippen molar-refractivity contribution in [3.05, 3.63) is 121 Å². The summed E-state index contributed by atoms with van der Waals surface area (Å²) >= 11 is 0. The van der Waals surface area contributed by atoms with Crippen LogP contribution in [0, 0.1) is 0 Å². The fraction of sp³-hybridized carbons (Fsp3) is 0.415. The number of hydrogen-bond donors (Lipinski definition) is 0. The third-order valence-corrected chi connectivity index (χ3v) is 19.5. The Labute approximate surface area is 285 Å². The average molecular weight is 667 g/mol. The van der Waals surface area contributed by atoms with Gasteiger partial charge in [-0.3, -0.25) is 0 Å². The van der Waals surface area contributed by atoms with Crippen molar-refractivity contribution in [3.63, 3.8) is 0 Å². The molecule has 0 aliphatic carbocycles. The van der Waals surface area contributed by atoms with Crippen LogP contribution in [-0.2, 0) is 18.3 Å². The Bertz CT molecular complexity index is 1330. The summed E-state index contributed by atoms with van der Waals surface area (Å²) in [4.78, 5) is 0. The van der Waals surface area contributed by atoms with Crippen molar-refractivity contribution in [2.24, 2.45) is 0 Å². The van der Waals surface area contributed by atoms with E-state index >= 15 is 0 Å². The number of rotatable bonds is 10. The Morgan fingerprint density at radius 3 is 1.00 bits per heavy atom. The molecule has 1 saturated heterocycles. The normalized spacial score (nSPS) is 19.2. The van der Waals surface area contributed by atoms with Crippen LogP contribution in [0.2, 0.25) is 10.1 Å². The zero-order valence-electron chi connectivity index (χ0n) is 29.7. The molecule has 0 bridgehead atoms. The molecule has 2 atom stereocenters. The van der Waals surface area contributed by atoms with Gasteiger partial charge in [0, 0.05) is 0 Å². The largest absolute Gasteiger partial charge is 0.405 e. The van der Waals surface area contributed by atoms with Crippen molar-refractivity contribution in [1.82, 2.24) is 0 Å². The van der Waals surface area contributed by atoms with Gasteiger partial charge in [0.05, 0.1) is 25.4 Å². The molecule has 5 rings (SSSR count). The summed E-state index contributed by atoms with van der Waals surface area (Å²) in [5.74, 6) is -0.782. The fourth-order valence-corrected chi connectivity index (χ4v) is 16.7. The Balaban J connectivity index is 1.39. The summed E-state index contributed by atoms with van der Waals surface area (Å²) < 4.78 is 28.0. The van der Waals surface area contributed by atoms with E-state index < -0.39 is 22.4 Å². The zero-order valence-corrected chi connectivity index (χ0v) is 31.7. The maximum Gasteiger partial charge on any atom is 0.261 e. The van der Waals surface area contributed by atoms with Gasteiger partial charge in [-0.25, -0.2) is 0 Å². The first kappa shape index (κ1) is 35.5. The van der Waals surface area contributed by atoms with Crippen LogP contribution in [0.25, 0.3) is 0 Å². The Kier molecular flexibility index (Phi) is 10.8. The quantitative estimate of drug-likeness (QED) is 0.165. The van der Waals surface area contributed by atoms with Gasteiger partial charge in [0.25, 0.3) is 16.6 Å². The van der Waals surface area contributed by atoms with Crippen molar-refractivity contribution < 1.29 is 18.3 Å².